The molecule has 0 aliphatic heterocycles. The Balaban J connectivity index is 2.41. The van der Waals surface area contributed by atoms with Crippen LogP contribution in [0.3, 0.4) is 0 Å². The van der Waals surface area contributed by atoms with Crippen LogP contribution in [-0.4, -0.2) is 19.6 Å². The van der Waals surface area contributed by atoms with Gasteiger partial charge in [0.25, 0.3) is 0 Å². The van der Waals surface area contributed by atoms with E-state index in [4.69, 9.17) is 4.74 Å². The maximum absolute atomic E-state index is 11.8. The maximum Gasteiger partial charge on any atom is 0.411 e. The molecule has 0 N–H and O–H groups in total. The van der Waals surface area contributed by atoms with Crippen molar-refractivity contribution in [2.24, 2.45) is 0 Å². The van der Waals surface area contributed by atoms with Crippen LogP contribution in [-0.2, 0) is 10.2 Å². The molecule has 1 aromatic carbocycles. The predicted molar refractivity (Wildman–Crippen MR) is 62.6 cm³/mol. The molecule has 0 bridgehead atoms. The minimum atomic E-state index is -4.32. The van der Waals surface area contributed by atoms with Gasteiger partial charge < -0.3 is 9.47 Å². The van der Waals surface area contributed by atoms with Gasteiger partial charge in [0.2, 0.25) is 0 Å². The molecular formula is C13H17F3O2. The van der Waals surface area contributed by atoms with Crippen LogP contribution >= 0.6 is 0 Å². The molecule has 18 heavy (non-hydrogen) atoms. The largest absolute Gasteiger partial charge is 0.468 e. The van der Waals surface area contributed by atoms with E-state index in [-0.39, 0.29) is 5.41 Å². The summed E-state index contributed by atoms with van der Waals surface area (Å²) in [6.45, 7) is 4.53. The summed E-state index contributed by atoms with van der Waals surface area (Å²) in [5, 5.41) is 0. The Morgan fingerprint density at radius 1 is 1.00 bits per heavy atom. The van der Waals surface area contributed by atoms with Crippen LogP contribution in [0.5, 0.6) is 5.75 Å². The lowest BCUT2D eigenvalue weighted by Gasteiger charge is -2.19. The van der Waals surface area contributed by atoms with E-state index in [0.717, 1.165) is 5.56 Å². The number of ether oxygens (including phenoxy) is 2. The SMILES string of the molecule is CC(C)(C)c1ccc(OCOCC(F)(F)F)cc1. The fourth-order valence-electron chi connectivity index (χ4n) is 1.32. The summed E-state index contributed by atoms with van der Waals surface area (Å²) in [6.07, 6.45) is -4.32. The van der Waals surface area contributed by atoms with Crippen LogP contribution in [0.2, 0.25) is 0 Å². The van der Waals surface area contributed by atoms with Crippen molar-refractivity contribution < 1.29 is 22.6 Å². The van der Waals surface area contributed by atoms with E-state index < -0.39 is 19.6 Å². The monoisotopic (exact) mass is 262 g/mol. The quantitative estimate of drug-likeness (QED) is 0.605. The number of rotatable bonds is 4. The lowest BCUT2D eigenvalue weighted by atomic mass is 9.87. The first kappa shape index (κ1) is 14.8. The van der Waals surface area contributed by atoms with Crippen molar-refractivity contribution in [2.45, 2.75) is 32.4 Å². The van der Waals surface area contributed by atoms with Gasteiger partial charge in [-0.05, 0) is 23.1 Å². The van der Waals surface area contributed by atoms with Gasteiger partial charge in [-0.3, -0.25) is 0 Å². The normalized spacial score (nSPS) is 12.6. The van der Waals surface area contributed by atoms with Gasteiger partial charge in [-0.25, -0.2) is 0 Å². The number of hydrogen-bond acceptors (Lipinski definition) is 2. The minimum Gasteiger partial charge on any atom is -0.468 e. The molecule has 0 aliphatic carbocycles. The zero-order valence-electron chi connectivity index (χ0n) is 10.7. The van der Waals surface area contributed by atoms with E-state index in [0.29, 0.717) is 5.75 Å². The van der Waals surface area contributed by atoms with Crippen molar-refractivity contribution in [3.8, 4) is 5.75 Å². The molecule has 0 spiro atoms. The molecule has 0 aromatic heterocycles. The van der Waals surface area contributed by atoms with Crippen molar-refractivity contribution in [1.82, 2.24) is 0 Å². The average Bonchev–Trinajstić information content (AvgIpc) is 2.22. The Labute approximate surface area is 105 Å². The number of benzene rings is 1. The second kappa shape index (κ2) is 5.61. The summed E-state index contributed by atoms with van der Waals surface area (Å²) in [7, 11) is 0. The average molecular weight is 262 g/mol. The molecule has 0 saturated heterocycles. The Morgan fingerprint density at radius 3 is 2.00 bits per heavy atom. The van der Waals surface area contributed by atoms with Gasteiger partial charge in [0.1, 0.15) is 12.4 Å². The molecule has 1 rings (SSSR count). The second-order valence-corrected chi connectivity index (χ2v) is 5.00. The van der Waals surface area contributed by atoms with E-state index in [1.807, 2.05) is 12.1 Å². The van der Waals surface area contributed by atoms with Crippen molar-refractivity contribution >= 4 is 0 Å². The minimum absolute atomic E-state index is 0.0330. The van der Waals surface area contributed by atoms with Crippen molar-refractivity contribution in [3.63, 3.8) is 0 Å². The zero-order chi connectivity index (χ0) is 13.8. The van der Waals surface area contributed by atoms with E-state index >= 15 is 0 Å². The van der Waals surface area contributed by atoms with E-state index in [1.165, 1.54) is 0 Å². The maximum atomic E-state index is 11.8. The lowest BCUT2D eigenvalue weighted by molar-refractivity contribution is -0.186. The Hall–Kier alpha value is -1.23. The van der Waals surface area contributed by atoms with Gasteiger partial charge >= 0.3 is 6.18 Å². The fourth-order valence-corrected chi connectivity index (χ4v) is 1.32. The van der Waals surface area contributed by atoms with Gasteiger partial charge in [-0.2, -0.15) is 13.2 Å². The van der Waals surface area contributed by atoms with Crippen molar-refractivity contribution in [3.05, 3.63) is 29.8 Å². The van der Waals surface area contributed by atoms with Gasteiger partial charge in [-0.1, -0.05) is 32.9 Å². The topological polar surface area (TPSA) is 18.5 Å². The predicted octanol–water partition coefficient (Wildman–Crippen LogP) is 3.90. The first-order valence-electron chi connectivity index (χ1n) is 5.56. The van der Waals surface area contributed by atoms with Crippen LogP contribution in [0.4, 0.5) is 13.2 Å². The Morgan fingerprint density at radius 2 is 1.56 bits per heavy atom. The van der Waals surface area contributed by atoms with E-state index in [1.54, 1.807) is 12.1 Å². The molecule has 102 valence electrons. The van der Waals surface area contributed by atoms with Gasteiger partial charge in [0.15, 0.2) is 6.79 Å². The standard InChI is InChI=1S/C13H17F3O2/c1-12(2,3)10-4-6-11(7-5-10)18-9-17-8-13(14,15)16/h4-7H,8-9H2,1-3H3. The van der Waals surface area contributed by atoms with E-state index in [9.17, 15) is 13.2 Å². The third-order valence-electron chi connectivity index (χ3n) is 2.29. The van der Waals surface area contributed by atoms with Gasteiger partial charge in [-0.15, -0.1) is 0 Å². The fraction of sp³-hybridized carbons (Fsp3) is 0.538. The Bertz CT molecular complexity index is 363. The molecule has 0 unspecified atom stereocenters. The molecule has 5 heteroatoms. The summed E-state index contributed by atoms with van der Waals surface area (Å²) >= 11 is 0. The van der Waals surface area contributed by atoms with Gasteiger partial charge in [0.05, 0.1) is 0 Å². The molecule has 0 radical (unpaired) electrons. The first-order valence-corrected chi connectivity index (χ1v) is 5.56. The second-order valence-electron chi connectivity index (χ2n) is 5.00. The summed E-state index contributed by atoms with van der Waals surface area (Å²) < 4.78 is 44.8. The number of hydrogen-bond donors (Lipinski definition) is 0. The van der Waals surface area contributed by atoms with Crippen molar-refractivity contribution in [1.29, 1.82) is 0 Å². The Kier molecular flexibility index (Phi) is 4.62. The molecule has 0 amide bonds. The summed E-state index contributed by atoms with van der Waals surface area (Å²) in [5.41, 5.74) is 1.16. The highest BCUT2D eigenvalue weighted by molar-refractivity contribution is 5.30. The molecule has 0 atom stereocenters. The van der Waals surface area contributed by atoms with E-state index in [2.05, 4.69) is 25.5 Å². The lowest BCUT2D eigenvalue weighted by Crippen LogP contribution is -2.19. The highest BCUT2D eigenvalue weighted by Crippen LogP contribution is 2.24. The van der Waals surface area contributed by atoms with Crippen LogP contribution in [0.1, 0.15) is 26.3 Å². The summed E-state index contributed by atoms with van der Waals surface area (Å²) in [5.74, 6) is 0.491. The first-order chi connectivity index (χ1) is 8.18. The molecule has 2 nitrogen and oxygen atoms in total. The van der Waals surface area contributed by atoms with Crippen molar-refractivity contribution in [2.75, 3.05) is 13.4 Å². The summed E-state index contributed by atoms with van der Waals surface area (Å²) in [6, 6.07) is 7.22. The molecule has 0 fully saturated rings. The smallest absolute Gasteiger partial charge is 0.411 e. The van der Waals surface area contributed by atoms with Crippen LogP contribution in [0.15, 0.2) is 24.3 Å². The number of halogens is 3. The molecule has 0 heterocycles. The highest BCUT2D eigenvalue weighted by Gasteiger charge is 2.27. The number of alkyl halides is 3. The van der Waals surface area contributed by atoms with Crippen LogP contribution < -0.4 is 4.74 Å². The summed E-state index contributed by atoms with van der Waals surface area (Å²) in [4.78, 5) is 0. The molecule has 0 saturated carbocycles. The third kappa shape index (κ3) is 5.40. The van der Waals surface area contributed by atoms with Crippen LogP contribution in [0, 0.1) is 0 Å². The molecule has 1 aromatic rings. The molecule has 0 aliphatic rings. The third-order valence-corrected chi connectivity index (χ3v) is 2.29. The van der Waals surface area contributed by atoms with Gasteiger partial charge in [0, 0.05) is 0 Å². The highest BCUT2D eigenvalue weighted by atomic mass is 19.4. The van der Waals surface area contributed by atoms with Crippen LogP contribution in [0.25, 0.3) is 0 Å². The molecular weight excluding hydrogens is 245 g/mol. The zero-order valence-corrected chi connectivity index (χ0v) is 10.7.